The van der Waals surface area contributed by atoms with E-state index in [0.717, 1.165) is 0 Å². The summed E-state index contributed by atoms with van der Waals surface area (Å²) in [5, 5.41) is 0.471. The second kappa shape index (κ2) is 8.44. The lowest BCUT2D eigenvalue weighted by Gasteiger charge is -2.16. The van der Waals surface area contributed by atoms with Crippen LogP contribution in [0.1, 0.15) is 5.56 Å². The lowest BCUT2D eigenvalue weighted by atomic mass is 10.1. The average Bonchev–Trinajstić information content (AvgIpc) is 2.72. The highest BCUT2D eigenvalue weighted by Crippen LogP contribution is 2.34. The van der Waals surface area contributed by atoms with Crippen molar-refractivity contribution in [2.75, 3.05) is 21.3 Å². The number of methoxy groups -OCH3 is 3. The van der Waals surface area contributed by atoms with E-state index in [2.05, 4.69) is 20.7 Å². The zero-order valence-electron chi connectivity index (χ0n) is 15.8. The Morgan fingerprint density at radius 3 is 2.24 bits per heavy atom. The van der Waals surface area contributed by atoms with Crippen molar-refractivity contribution in [2.24, 2.45) is 0 Å². The number of hydrogen-bond acceptors (Lipinski definition) is 7. The molecule has 8 nitrogen and oxygen atoms in total. The van der Waals surface area contributed by atoms with E-state index in [9.17, 15) is 13.2 Å². The van der Waals surface area contributed by atoms with E-state index in [0.29, 0.717) is 28.2 Å². The molecule has 3 rings (SSSR count). The molecule has 0 atom stereocenters. The second-order valence-electron chi connectivity index (χ2n) is 5.92. The highest BCUT2D eigenvalue weighted by molar-refractivity contribution is 9.10. The molecule has 29 heavy (non-hydrogen) atoms. The topological polar surface area (TPSA) is 104 Å². The number of hydrogen-bond donors (Lipinski definition) is 1. The van der Waals surface area contributed by atoms with Crippen LogP contribution in [0.4, 0.5) is 0 Å². The van der Waals surface area contributed by atoms with E-state index >= 15 is 0 Å². The Morgan fingerprint density at radius 2 is 1.66 bits per heavy atom. The van der Waals surface area contributed by atoms with Gasteiger partial charge in [-0.15, -0.1) is 0 Å². The summed E-state index contributed by atoms with van der Waals surface area (Å²) in [5.41, 5.74) is 0.273. The van der Waals surface area contributed by atoms with Crippen molar-refractivity contribution in [3.05, 3.63) is 56.9 Å². The highest BCUT2D eigenvalue weighted by Gasteiger charge is 2.19. The van der Waals surface area contributed by atoms with Crippen LogP contribution in [0.3, 0.4) is 0 Å². The largest absolute Gasteiger partial charge is 0.496 e. The van der Waals surface area contributed by atoms with Gasteiger partial charge in [-0.1, -0.05) is 0 Å². The van der Waals surface area contributed by atoms with Crippen molar-refractivity contribution in [1.29, 1.82) is 0 Å². The van der Waals surface area contributed by atoms with Gasteiger partial charge < -0.3 is 18.6 Å². The van der Waals surface area contributed by atoms with Gasteiger partial charge in [-0.3, -0.25) is 0 Å². The molecule has 0 bridgehead atoms. The first-order chi connectivity index (χ1) is 13.8. The maximum absolute atomic E-state index is 12.8. The first-order valence-corrected chi connectivity index (χ1v) is 10.6. The van der Waals surface area contributed by atoms with Gasteiger partial charge in [-0.25, -0.2) is 17.9 Å². The number of fused-ring (bicyclic) bond motifs is 1. The zero-order chi connectivity index (χ0) is 21.2. The molecule has 1 heterocycles. The van der Waals surface area contributed by atoms with Gasteiger partial charge in [0, 0.05) is 24.1 Å². The highest BCUT2D eigenvalue weighted by atomic mass is 79.9. The summed E-state index contributed by atoms with van der Waals surface area (Å²) < 4.78 is 49.3. The minimum Gasteiger partial charge on any atom is -0.496 e. The molecule has 1 N–H and O–H groups in total. The SMILES string of the molecule is COc1cc(OC)c(CNS(=O)(=O)c2ccc3oc(=O)c(Br)cc3c2)c(OC)c1. The fourth-order valence-electron chi connectivity index (χ4n) is 2.75. The lowest BCUT2D eigenvalue weighted by Crippen LogP contribution is -2.24. The van der Waals surface area contributed by atoms with Gasteiger partial charge in [0.15, 0.2) is 0 Å². The first-order valence-electron chi connectivity index (χ1n) is 8.31. The molecule has 154 valence electrons. The third-order valence-corrected chi connectivity index (χ3v) is 6.18. The smallest absolute Gasteiger partial charge is 0.350 e. The quantitative estimate of drug-likeness (QED) is 0.514. The molecule has 1 aromatic heterocycles. The van der Waals surface area contributed by atoms with Crippen LogP contribution in [0.5, 0.6) is 17.2 Å². The van der Waals surface area contributed by atoms with Crippen molar-refractivity contribution in [3.8, 4) is 17.2 Å². The fourth-order valence-corrected chi connectivity index (χ4v) is 4.10. The number of halogens is 1. The maximum atomic E-state index is 12.8. The Bertz CT molecular complexity index is 1200. The third-order valence-electron chi connectivity index (χ3n) is 4.23. The van der Waals surface area contributed by atoms with E-state index < -0.39 is 15.6 Å². The van der Waals surface area contributed by atoms with Crippen LogP contribution in [-0.2, 0) is 16.6 Å². The summed E-state index contributed by atoms with van der Waals surface area (Å²) >= 11 is 3.09. The molecule has 0 radical (unpaired) electrons. The molecule has 3 aromatic rings. The van der Waals surface area contributed by atoms with Crippen molar-refractivity contribution in [3.63, 3.8) is 0 Å². The lowest BCUT2D eigenvalue weighted by molar-refractivity contribution is 0.368. The molecule has 0 aliphatic rings. The predicted molar refractivity (Wildman–Crippen MR) is 110 cm³/mol. The Kier molecular flexibility index (Phi) is 6.15. The van der Waals surface area contributed by atoms with Crippen LogP contribution in [0, 0.1) is 0 Å². The summed E-state index contributed by atoms with van der Waals surface area (Å²) in [6.07, 6.45) is 0. The van der Waals surface area contributed by atoms with Crippen LogP contribution in [0.15, 0.2) is 55.0 Å². The number of nitrogens with one attached hydrogen (secondary N) is 1. The predicted octanol–water partition coefficient (Wildman–Crippen LogP) is 3.06. The first kappa shape index (κ1) is 21.2. The van der Waals surface area contributed by atoms with Crippen LogP contribution in [0.25, 0.3) is 11.0 Å². The molecule has 0 spiro atoms. The Morgan fingerprint density at radius 1 is 1.00 bits per heavy atom. The zero-order valence-corrected chi connectivity index (χ0v) is 18.2. The van der Waals surface area contributed by atoms with Gasteiger partial charge >= 0.3 is 5.63 Å². The van der Waals surface area contributed by atoms with E-state index in [1.807, 2.05) is 0 Å². The van der Waals surface area contributed by atoms with Gasteiger partial charge in [0.25, 0.3) is 0 Å². The van der Waals surface area contributed by atoms with Gasteiger partial charge in [-0.05, 0) is 40.2 Å². The van der Waals surface area contributed by atoms with E-state index in [1.165, 1.54) is 45.6 Å². The normalized spacial score (nSPS) is 11.4. The van der Waals surface area contributed by atoms with Gasteiger partial charge in [0.05, 0.1) is 31.8 Å². The standard InChI is InChI=1S/C19H18BrNO7S/c1-25-12-8-17(26-2)14(18(9-12)27-3)10-21-29(23,24)13-4-5-16-11(6-13)7-15(20)19(22)28-16/h4-9,21H,10H2,1-3H3. The minimum absolute atomic E-state index is 0.0252. The number of benzene rings is 2. The minimum atomic E-state index is -3.87. The summed E-state index contributed by atoms with van der Waals surface area (Å²) in [7, 11) is 0.591. The number of ether oxygens (including phenoxy) is 3. The van der Waals surface area contributed by atoms with Crippen molar-refractivity contribution in [2.45, 2.75) is 11.4 Å². The second-order valence-corrected chi connectivity index (χ2v) is 8.54. The molecule has 0 amide bonds. The number of rotatable bonds is 7. The van der Waals surface area contributed by atoms with Crippen LogP contribution in [0.2, 0.25) is 0 Å². The average molecular weight is 484 g/mol. The van der Waals surface area contributed by atoms with E-state index in [4.69, 9.17) is 18.6 Å². The summed E-state index contributed by atoms with van der Waals surface area (Å²) in [6, 6.07) is 9.02. The molecule has 0 saturated carbocycles. The summed E-state index contributed by atoms with van der Waals surface area (Å²) in [5.74, 6) is 1.37. The molecular formula is C19H18BrNO7S. The molecular weight excluding hydrogens is 466 g/mol. The molecule has 10 heteroatoms. The summed E-state index contributed by atoms with van der Waals surface area (Å²) in [4.78, 5) is 11.6. The molecule has 0 aliphatic carbocycles. The molecule has 0 aliphatic heterocycles. The monoisotopic (exact) mass is 483 g/mol. The van der Waals surface area contributed by atoms with Crippen molar-refractivity contribution >= 4 is 36.9 Å². The fraction of sp³-hybridized carbons (Fsp3) is 0.211. The van der Waals surface area contributed by atoms with Crippen LogP contribution >= 0.6 is 15.9 Å². The van der Waals surface area contributed by atoms with Gasteiger partial charge in [-0.2, -0.15) is 0 Å². The maximum Gasteiger partial charge on any atom is 0.350 e. The van der Waals surface area contributed by atoms with Gasteiger partial charge in [0.2, 0.25) is 10.0 Å². The Balaban J connectivity index is 1.93. The van der Waals surface area contributed by atoms with Crippen LogP contribution in [-0.4, -0.2) is 29.7 Å². The van der Waals surface area contributed by atoms with Crippen molar-refractivity contribution in [1.82, 2.24) is 4.72 Å². The Hall–Kier alpha value is -2.56. The molecule has 2 aromatic carbocycles. The molecule has 0 unspecified atom stereocenters. The van der Waals surface area contributed by atoms with E-state index in [1.54, 1.807) is 12.1 Å². The Labute approximate surface area is 175 Å². The van der Waals surface area contributed by atoms with Gasteiger partial charge in [0.1, 0.15) is 27.3 Å². The van der Waals surface area contributed by atoms with Crippen molar-refractivity contribution < 1.29 is 27.0 Å². The summed E-state index contributed by atoms with van der Waals surface area (Å²) in [6.45, 7) is -0.0652. The third kappa shape index (κ3) is 4.39. The molecule has 0 saturated heterocycles. The van der Waals surface area contributed by atoms with E-state index in [-0.39, 0.29) is 21.5 Å². The number of sulfonamides is 1. The van der Waals surface area contributed by atoms with Crippen LogP contribution < -0.4 is 24.6 Å². The molecule has 0 fully saturated rings.